The van der Waals surface area contributed by atoms with Gasteiger partial charge in [-0.1, -0.05) is 24.3 Å². The summed E-state index contributed by atoms with van der Waals surface area (Å²) >= 11 is 0. The molecule has 0 aliphatic carbocycles. The van der Waals surface area contributed by atoms with Gasteiger partial charge in [-0.25, -0.2) is 4.79 Å². The molecular formula is C12H15NO4. The highest BCUT2D eigenvalue weighted by Gasteiger charge is 2.27. The smallest absolute Gasteiger partial charge is 0.410 e. The van der Waals surface area contributed by atoms with Gasteiger partial charge in [-0.15, -0.1) is 6.58 Å². The van der Waals surface area contributed by atoms with E-state index >= 15 is 0 Å². The van der Waals surface area contributed by atoms with Crippen molar-refractivity contribution < 1.29 is 19.7 Å². The number of carbonyl (C=O) groups excluding carboxylic acids is 1. The van der Waals surface area contributed by atoms with Gasteiger partial charge in [-0.05, 0) is 12.1 Å². The minimum absolute atomic E-state index is 0.374. The maximum atomic E-state index is 11.5. The fraction of sp³-hybridized carbons (Fsp3) is 0.250. The maximum absolute atomic E-state index is 11.5. The number of benzene rings is 1. The predicted octanol–water partition coefficient (Wildman–Crippen LogP) is 0.684. The molecule has 0 saturated heterocycles. The molecule has 0 spiro atoms. The van der Waals surface area contributed by atoms with Gasteiger partial charge in [0.25, 0.3) is 0 Å². The van der Waals surface area contributed by atoms with Gasteiger partial charge in [-0.2, -0.15) is 0 Å². The normalized spacial score (nSPS) is 10.7. The first kappa shape index (κ1) is 13.2. The van der Waals surface area contributed by atoms with Crippen LogP contribution in [0, 0.1) is 0 Å². The lowest BCUT2D eigenvalue weighted by Crippen LogP contribution is -2.53. The van der Waals surface area contributed by atoms with Crippen molar-refractivity contribution >= 4 is 6.09 Å². The number of rotatable bonds is 5. The molecule has 0 radical (unpaired) electrons. The summed E-state index contributed by atoms with van der Waals surface area (Å²) in [7, 11) is 0. The number of aliphatic hydroxyl groups excluding tert-OH is 2. The van der Waals surface area contributed by atoms with E-state index in [-0.39, 0.29) is 0 Å². The Labute approximate surface area is 99.3 Å². The SMILES string of the molecule is C=CC(CO)(CO)NC(=O)Oc1ccccc1. The lowest BCUT2D eigenvalue weighted by atomic mass is 10.0. The summed E-state index contributed by atoms with van der Waals surface area (Å²) in [6.07, 6.45) is 0.499. The molecule has 0 atom stereocenters. The molecule has 0 heterocycles. The van der Waals surface area contributed by atoms with Crippen molar-refractivity contribution in [3.8, 4) is 5.75 Å². The Hall–Kier alpha value is -1.85. The van der Waals surface area contributed by atoms with E-state index in [1.54, 1.807) is 30.3 Å². The zero-order chi connectivity index (χ0) is 12.7. The second-order valence-corrected chi connectivity index (χ2v) is 3.50. The minimum Gasteiger partial charge on any atom is -0.410 e. The van der Waals surface area contributed by atoms with Crippen LogP contribution in [0.1, 0.15) is 0 Å². The quantitative estimate of drug-likeness (QED) is 0.658. The Morgan fingerprint density at radius 1 is 1.35 bits per heavy atom. The van der Waals surface area contributed by atoms with Gasteiger partial charge in [0.05, 0.1) is 13.2 Å². The van der Waals surface area contributed by atoms with Crippen LogP contribution in [0.25, 0.3) is 0 Å². The first-order chi connectivity index (χ1) is 8.15. The van der Waals surface area contributed by atoms with Crippen LogP contribution >= 0.6 is 0 Å². The van der Waals surface area contributed by atoms with Gasteiger partial charge in [0.1, 0.15) is 11.3 Å². The van der Waals surface area contributed by atoms with Crippen molar-refractivity contribution in [3.63, 3.8) is 0 Å². The zero-order valence-electron chi connectivity index (χ0n) is 9.30. The number of aliphatic hydroxyl groups is 2. The van der Waals surface area contributed by atoms with Crippen molar-refractivity contribution in [3.05, 3.63) is 43.0 Å². The Balaban J connectivity index is 2.63. The van der Waals surface area contributed by atoms with Gasteiger partial charge in [0.2, 0.25) is 0 Å². The second kappa shape index (κ2) is 6.03. The predicted molar refractivity (Wildman–Crippen MR) is 62.7 cm³/mol. The molecule has 17 heavy (non-hydrogen) atoms. The largest absolute Gasteiger partial charge is 0.413 e. The zero-order valence-corrected chi connectivity index (χ0v) is 9.30. The molecule has 5 heteroatoms. The van der Waals surface area contributed by atoms with Gasteiger partial charge in [0, 0.05) is 0 Å². The summed E-state index contributed by atoms with van der Waals surface area (Å²) in [5, 5.41) is 20.5. The highest BCUT2D eigenvalue weighted by atomic mass is 16.6. The van der Waals surface area contributed by atoms with Crippen molar-refractivity contribution in [2.24, 2.45) is 0 Å². The van der Waals surface area contributed by atoms with Crippen LogP contribution in [0.15, 0.2) is 43.0 Å². The van der Waals surface area contributed by atoms with E-state index in [0.717, 1.165) is 0 Å². The number of ether oxygens (including phenoxy) is 1. The molecule has 1 amide bonds. The molecule has 0 aliphatic rings. The van der Waals surface area contributed by atoms with E-state index in [1.807, 2.05) is 0 Å². The van der Waals surface area contributed by atoms with Crippen LogP contribution in [-0.2, 0) is 0 Å². The second-order valence-electron chi connectivity index (χ2n) is 3.50. The number of amides is 1. The van der Waals surface area contributed by atoms with Crippen LogP contribution in [0.4, 0.5) is 4.79 Å². The molecular weight excluding hydrogens is 222 g/mol. The number of hydrogen-bond acceptors (Lipinski definition) is 4. The Bertz CT molecular complexity index is 373. The topological polar surface area (TPSA) is 78.8 Å². The first-order valence-corrected chi connectivity index (χ1v) is 5.06. The van der Waals surface area contributed by atoms with Gasteiger partial charge < -0.3 is 20.3 Å². The fourth-order valence-electron chi connectivity index (χ4n) is 1.13. The third-order valence-corrected chi connectivity index (χ3v) is 2.26. The minimum atomic E-state index is -1.27. The van der Waals surface area contributed by atoms with Crippen LogP contribution in [0.5, 0.6) is 5.75 Å². The van der Waals surface area contributed by atoms with Gasteiger partial charge in [-0.3, -0.25) is 0 Å². The van der Waals surface area contributed by atoms with E-state index in [4.69, 9.17) is 14.9 Å². The molecule has 0 bridgehead atoms. The van der Waals surface area contributed by atoms with E-state index in [2.05, 4.69) is 11.9 Å². The van der Waals surface area contributed by atoms with Crippen LogP contribution in [0.3, 0.4) is 0 Å². The molecule has 3 N–H and O–H groups in total. The van der Waals surface area contributed by atoms with Crippen LogP contribution in [0.2, 0.25) is 0 Å². The third-order valence-electron chi connectivity index (χ3n) is 2.26. The Morgan fingerprint density at radius 3 is 2.41 bits per heavy atom. The molecule has 1 aromatic carbocycles. The van der Waals surface area contributed by atoms with Crippen molar-refractivity contribution in [2.75, 3.05) is 13.2 Å². The molecule has 0 aromatic heterocycles. The Morgan fingerprint density at radius 2 is 1.94 bits per heavy atom. The van der Waals surface area contributed by atoms with Gasteiger partial charge in [0.15, 0.2) is 0 Å². The average molecular weight is 237 g/mol. The third kappa shape index (κ3) is 3.58. The summed E-state index contributed by atoms with van der Waals surface area (Å²) in [5.41, 5.74) is -1.27. The van der Waals surface area contributed by atoms with Crippen molar-refractivity contribution in [2.45, 2.75) is 5.54 Å². The Kier molecular flexibility index (Phi) is 4.68. The highest BCUT2D eigenvalue weighted by Crippen LogP contribution is 2.10. The number of carbonyl (C=O) groups is 1. The van der Waals surface area contributed by atoms with E-state index in [0.29, 0.717) is 5.75 Å². The molecule has 5 nitrogen and oxygen atoms in total. The molecule has 92 valence electrons. The number of nitrogens with one attached hydrogen (secondary N) is 1. The molecule has 0 unspecified atom stereocenters. The van der Waals surface area contributed by atoms with Gasteiger partial charge >= 0.3 is 6.09 Å². The number of hydrogen-bond donors (Lipinski definition) is 3. The highest BCUT2D eigenvalue weighted by molar-refractivity contribution is 5.71. The molecule has 1 aromatic rings. The van der Waals surface area contributed by atoms with E-state index in [9.17, 15) is 4.79 Å². The first-order valence-electron chi connectivity index (χ1n) is 5.06. The van der Waals surface area contributed by atoms with Crippen LogP contribution < -0.4 is 10.1 Å². The number of para-hydroxylation sites is 1. The van der Waals surface area contributed by atoms with Crippen LogP contribution in [-0.4, -0.2) is 35.1 Å². The van der Waals surface area contributed by atoms with E-state index < -0.39 is 24.8 Å². The average Bonchev–Trinajstić information content (AvgIpc) is 2.37. The maximum Gasteiger partial charge on any atom is 0.413 e. The van der Waals surface area contributed by atoms with Crippen molar-refractivity contribution in [1.82, 2.24) is 5.32 Å². The molecule has 0 aliphatic heterocycles. The summed E-state index contributed by atoms with van der Waals surface area (Å²) in [6.45, 7) is 2.52. The van der Waals surface area contributed by atoms with Crippen molar-refractivity contribution in [1.29, 1.82) is 0 Å². The molecule has 0 fully saturated rings. The monoisotopic (exact) mass is 237 g/mol. The lowest BCUT2D eigenvalue weighted by molar-refractivity contribution is 0.117. The molecule has 0 saturated carbocycles. The standard InChI is InChI=1S/C12H15NO4/c1-2-12(8-14,9-15)13-11(16)17-10-6-4-3-5-7-10/h2-7,14-15H,1,8-9H2,(H,13,16). The summed E-state index contributed by atoms with van der Waals surface area (Å²) in [5.74, 6) is 0.374. The lowest BCUT2D eigenvalue weighted by Gasteiger charge is -2.26. The summed E-state index contributed by atoms with van der Waals surface area (Å²) < 4.78 is 4.96. The molecule has 1 rings (SSSR count). The fourth-order valence-corrected chi connectivity index (χ4v) is 1.13. The summed E-state index contributed by atoms with van der Waals surface area (Å²) in [4.78, 5) is 11.5. The van der Waals surface area contributed by atoms with E-state index in [1.165, 1.54) is 6.08 Å². The summed E-state index contributed by atoms with van der Waals surface area (Å²) in [6, 6.07) is 8.48.